The van der Waals surface area contributed by atoms with Crippen LogP contribution < -0.4 is 20.7 Å². The average molecular weight is 439 g/mol. The minimum atomic E-state index is -0.687. The van der Waals surface area contributed by atoms with Crippen LogP contribution in [0, 0.1) is 0 Å². The van der Waals surface area contributed by atoms with E-state index in [0.717, 1.165) is 19.4 Å². The standard InChI is InChI=1S/C24H34N6O2/c25-22-21-23(28-24(27-22)32-19-8-1-2-9-19)30(13-10-20(31)26-21)16-18-7-5-6-17(14-18)15-29-11-3-4-12-29/h5-7,14,19-20,26,31H,1-4,8-13,15-16H2,(H2,25,27,28). The van der Waals surface area contributed by atoms with Gasteiger partial charge in [0.15, 0.2) is 11.6 Å². The van der Waals surface area contributed by atoms with E-state index in [0.29, 0.717) is 42.8 Å². The molecular weight excluding hydrogens is 404 g/mol. The number of anilines is 3. The van der Waals surface area contributed by atoms with Gasteiger partial charge in [0.25, 0.3) is 0 Å². The summed E-state index contributed by atoms with van der Waals surface area (Å²) in [6.45, 7) is 4.73. The molecule has 1 aromatic heterocycles. The van der Waals surface area contributed by atoms with Crippen LogP contribution in [0.5, 0.6) is 6.01 Å². The van der Waals surface area contributed by atoms with Crippen LogP contribution in [0.1, 0.15) is 56.1 Å². The van der Waals surface area contributed by atoms with E-state index >= 15 is 0 Å². The van der Waals surface area contributed by atoms with Gasteiger partial charge in [-0.25, -0.2) is 0 Å². The normalized spacial score (nSPS) is 21.9. The monoisotopic (exact) mass is 438 g/mol. The maximum Gasteiger partial charge on any atom is 0.320 e. The molecule has 1 saturated heterocycles. The number of aliphatic hydroxyl groups is 1. The zero-order valence-corrected chi connectivity index (χ0v) is 18.7. The van der Waals surface area contributed by atoms with Gasteiger partial charge in [0.1, 0.15) is 18.0 Å². The van der Waals surface area contributed by atoms with E-state index in [-0.39, 0.29) is 6.10 Å². The summed E-state index contributed by atoms with van der Waals surface area (Å²) < 4.78 is 6.06. The second-order valence-corrected chi connectivity index (χ2v) is 9.29. The van der Waals surface area contributed by atoms with Crippen molar-refractivity contribution in [3.8, 4) is 6.01 Å². The SMILES string of the molecule is Nc1nc(OC2CCCC2)nc2c1NC(O)CCN2Cc1cccc(CN2CCCC2)c1. The molecule has 8 nitrogen and oxygen atoms in total. The fourth-order valence-corrected chi connectivity index (χ4v) is 5.04. The first-order valence-electron chi connectivity index (χ1n) is 12.0. The third-order valence-electron chi connectivity index (χ3n) is 6.72. The predicted octanol–water partition coefficient (Wildman–Crippen LogP) is 3.12. The molecule has 4 N–H and O–H groups in total. The fourth-order valence-electron chi connectivity index (χ4n) is 5.04. The van der Waals surface area contributed by atoms with E-state index in [1.54, 1.807) is 0 Å². The maximum atomic E-state index is 10.4. The Hall–Kier alpha value is -2.58. The van der Waals surface area contributed by atoms with Gasteiger partial charge in [-0.2, -0.15) is 9.97 Å². The van der Waals surface area contributed by atoms with Crippen LogP contribution in [0.15, 0.2) is 24.3 Å². The molecular formula is C24H34N6O2. The van der Waals surface area contributed by atoms with Crippen LogP contribution in [-0.2, 0) is 13.1 Å². The van der Waals surface area contributed by atoms with Crippen molar-refractivity contribution in [2.75, 3.05) is 35.6 Å². The van der Waals surface area contributed by atoms with Crippen molar-refractivity contribution < 1.29 is 9.84 Å². The number of aliphatic hydroxyl groups excluding tert-OH is 1. The number of rotatable bonds is 6. The Bertz CT molecular complexity index is 927. The lowest BCUT2D eigenvalue weighted by Crippen LogP contribution is -2.26. The predicted molar refractivity (Wildman–Crippen MR) is 126 cm³/mol. The number of hydrogen-bond acceptors (Lipinski definition) is 8. The summed E-state index contributed by atoms with van der Waals surface area (Å²) in [5, 5.41) is 13.4. The molecule has 8 heteroatoms. The molecule has 0 amide bonds. The smallest absolute Gasteiger partial charge is 0.320 e. The molecule has 0 bridgehead atoms. The Kier molecular flexibility index (Phi) is 6.32. The van der Waals surface area contributed by atoms with Gasteiger partial charge in [-0.05, 0) is 62.7 Å². The number of benzene rings is 1. The van der Waals surface area contributed by atoms with Crippen molar-refractivity contribution in [3.05, 3.63) is 35.4 Å². The molecule has 2 aromatic rings. The molecule has 1 unspecified atom stereocenters. The molecule has 172 valence electrons. The van der Waals surface area contributed by atoms with Crippen LogP contribution in [0.3, 0.4) is 0 Å². The Morgan fingerprint density at radius 3 is 2.53 bits per heavy atom. The highest BCUT2D eigenvalue weighted by Gasteiger charge is 2.26. The zero-order valence-electron chi connectivity index (χ0n) is 18.7. The molecule has 2 fully saturated rings. The first kappa shape index (κ1) is 21.3. The van der Waals surface area contributed by atoms with Gasteiger partial charge in [-0.3, -0.25) is 4.90 Å². The summed E-state index contributed by atoms with van der Waals surface area (Å²) >= 11 is 0. The van der Waals surface area contributed by atoms with Crippen molar-refractivity contribution >= 4 is 17.3 Å². The van der Waals surface area contributed by atoms with Crippen LogP contribution in [0.2, 0.25) is 0 Å². The fraction of sp³-hybridized carbons (Fsp3) is 0.583. The lowest BCUT2D eigenvalue weighted by molar-refractivity contribution is 0.192. The number of nitrogens with one attached hydrogen (secondary N) is 1. The summed E-state index contributed by atoms with van der Waals surface area (Å²) in [5.74, 6) is 1.02. The summed E-state index contributed by atoms with van der Waals surface area (Å²) in [4.78, 5) is 13.8. The number of likely N-dealkylation sites (tertiary alicyclic amines) is 1. The Labute approximate surface area is 189 Å². The van der Waals surface area contributed by atoms with E-state index < -0.39 is 6.23 Å². The zero-order chi connectivity index (χ0) is 21.9. The van der Waals surface area contributed by atoms with Crippen molar-refractivity contribution in [2.45, 2.75) is 70.4 Å². The molecule has 3 heterocycles. The molecule has 3 aliphatic rings. The molecule has 2 aliphatic heterocycles. The topological polar surface area (TPSA) is 99.8 Å². The van der Waals surface area contributed by atoms with Crippen LogP contribution >= 0.6 is 0 Å². The number of aromatic nitrogens is 2. The van der Waals surface area contributed by atoms with E-state index in [1.807, 2.05) is 0 Å². The van der Waals surface area contributed by atoms with Gasteiger partial charge in [0, 0.05) is 26.1 Å². The Balaban J connectivity index is 1.38. The Morgan fingerprint density at radius 1 is 1.00 bits per heavy atom. The van der Waals surface area contributed by atoms with Gasteiger partial charge in [-0.15, -0.1) is 0 Å². The molecule has 5 rings (SSSR count). The highest BCUT2D eigenvalue weighted by Crippen LogP contribution is 2.35. The molecule has 1 saturated carbocycles. The number of nitrogens with zero attached hydrogens (tertiary/aromatic N) is 4. The summed E-state index contributed by atoms with van der Waals surface area (Å²) in [6, 6.07) is 9.11. The summed E-state index contributed by atoms with van der Waals surface area (Å²) in [6.07, 6.45) is 7.06. The van der Waals surface area contributed by atoms with Gasteiger partial charge < -0.3 is 25.8 Å². The number of nitrogens with two attached hydrogens (primary N) is 1. The van der Waals surface area contributed by atoms with E-state index in [9.17, 15) is 5.11 Å². The number of fused-ring (bicyclic) bond motifs is 1. The van der Waals surface area contributed by atoms with Crippen LogP contribution in [0.4, 0.5) is 17.3 Å². The van der Waals surface area contributed by atoms with E-state index in [1.165, 1.54) is 49.9 Å². The van der Waals surface area contributed by atoms with Crippen molar-refractivity contribution in [1.82, 2.24) is 14.9 Å². The molecule has 0 spiro atoms. The van der Waals surface area contributed by atoms with Gasteiger partial charge in [0.05, 0.1) is 0 Å². The molecule has 1 aromatic carbocycles. The van der Waals surface area contributed by atoms with Crippen LogP contribution in [-0.4, -0.2) is 51.9 Å². The quantitative estimate of drug-likeness (QED) is 0.633. The minimum absolute atomic E-state index is 0.160. The van der Waals surface area contributed by atoms with E-state index in [4.69, 9.17) is 15.5 Å². The van der Waals surface area contributed by atoms with Crippen molar-refractivity contribution in [3.63, 3.8) is 0 Å². The second kappa shape index (κ2) is 9.50. The number of ether oxygens (including phenoxy) is 1. The highest BCUT2D eigenvalue weighted by molar-refractivity contribution is 5.77. The number of nitrogen functional groups attached to an aromatic ring is 1. The maximum absolute atomic E-state index is 10.4. The van der Waals surface area contributed by atoms with Gasteiger partial charge in [-0.1, -0.05) is 24.3 Å². The van der Waals surface area contributed by atoms with Gasteiger partial charge in [0.2, 0.25) is 0 Å². The molecule has 1 atom stereocenters. The average Bonchev–Trinajstić information content (AvgIpc) is 3.45. The number of hydrogen-bond donors (Lipinski definition) is 3. The summed E-state index contributed by atoms with van der Waals surface area (Å²) in [5.41, 5.74) is 9.43. The van der Waals surface area contributed by atoms with Gasteiger partial charge >= 0.3 is 6.01 Å². The van der Waals surface area contributed by atoms with Crippen LogP contribution in [0.25, 0.3) is 0 Å². The third-order valence-corrected chi connectivity index (χ3v) is 6.72. The van der Waals surface area contributed by atoms with E-state index in [2.05, 4.69) is 44.4 Å². The molecule has 1 aliphatic carbocycles. The molecule has 32 heavy (non-hydrogen) atoms. The van der Waals surface area contributed by atoms with Crippen molar-refractivity contribution in [2.24, 2.45) is 0 Å². The first-order valence-corrected chi connectivity index (χ1v) is 12.0. The first-order chi connectivity index (χ1) is 15.6. The third kappa shape index (κ3) is 4.91. The minimum Gasteiger partial charge on any atom is -0.460 e. The highest BCUT2D eigenvalue weighted by atomic mass is 16.5. The molecule has 0 radical (unpaired) electrons. The van der Waals surface area contributed by atoms with Crippen molar-refractivity contribution in [1.29, 1.82) is 0 Å². The second-order valence-electron chi connectivity index (χ2n) is 9.29. The lowest BCUT2D eigenvalue weighted by atomic mass is 10.1. The lowest BCUT2D eigenvalue weighted by Gasteiger charge is -2.25. The summed E-state index contributed by atoms with van der Waals surface area (Å²) in [7, 11) is 0. The Morgan fingerprint density at radius 2 is 1.75 bits per heavy atom. The largest absolute Gasteiger partial charge is 0.460 e.